The molecule has 0 spiro atoms. The molecule has 2 heterocycles. The van der Waals surface area contributed by atoms with Gasteiger partial charge in [0.15, 0.2) is 0 Å². The number of primary amides is 1. The molecule has 2 aliphatic rings. The number of carbonyl (C=O) groups is 2. The monoisotopic (exact) mass is 384 g/mol. The number of carbonyl (C=O) groups excluding carboxylic acids is 2. The molecule has 4 nitrogen and oxygen atoms in total. The van der Waals surface area contributed by atoms with Gasteiger partial charge in [0.25, 0.3) is 0 Å². The zero-order valence-corrected chi connectivity index (χ0v) is 16.4. The molecule has 0 radical (unpaired) electrons. The van der Waals surface area contributed by atoms with Crippen LogP contribution in [0.1, 0.15) is 59.5 Å². The Labute approximate surface area is 170 Å². The minimum atomic E-state index is -0.429. The number of aromatic nitrogens is 1. The molecule has 1 saturated carbocycles. The van der Waals surface area contributed by atoms with E-state index in [1.54, 1.807) is 0 Å². The van der Waals surface area contributed by atoms with Crippen molar-refractivity contribution in [2.45, 2.75) is 44.6 Å². The molecule has 0 bridgehead atoms. The van der Waals surface area contributed by atoms with Gasteiger partial charge in [-0.2, -0.15) is 0 Å². The summed E-state index contributed by atoms with van der Waals surface area (Å²) < 4.78 is 2.22. The molecule has 2 aromatic carbocycles. The fraction of sp³-hybridized carbons (Fsp3) is 0.280. The van der Waals surface area contributed by atoms with Crippen molar-refractivity contribution in [2.24, 2.45) is 5.73 Å². The summed E-state index contributed by atoms with van der Waals surface area (Å²) in [6.45, 7) is 0.499. The van der Waals surface area contributed by atoms with E-state index in [-0.39, 0.29) is 0 Å². The molecule has 0 saturated heterocycles. The van der Waals surface area contributed by atoms with Gasteiger partial charge in [-0.15, -0.1) is 0 Å². The van der Waals surface area contributed by atoms with Crippen molar-refractivity contribution in [3.05, 3.63) is 64.7 Å². The Balaban J connectivity index is 1.87. The Hall–Kier alpha value is -3.14. The fourth-order valence-electron chi connectivity index (χ4n) is 5.13. The number of fused-ring (bicyclic) bond motifs is 5. The van der Waals surface area contributed by atoms with Gasteiger partial charge in [-0.3, -0.25) is 9.59 Å². The SMILES string of the molecule is NC(=O)c1ccc2c(C3CCCCC3)c3n(c2c1)CC(C=O)=Cc1ccccc1-3. The average molecular weight is 384 g/mol. The van der Waals surface area contributed by atoms with Crippen LogP contribution in [0.4, 0.5) is 0 Å². The van der Waals surface area contributed by atoms with Gasteiger partial charge in [0.2, 0.25) is 5.91 Å². The Bertz CT molecular complexity index is 1160. The molecule has 4 heteroatoms. The first kappa shape index (κ1) is 17.9. The van der Waals surface area contributed by atoms with Crippen LogP contribution in [0.3, 0.4) is 0 Å². The highest BCUT2D eigenvalue weighted by atomic mass is 16.1. The molecule has 1 fully saturated rings. The molecule has 1 aromatic heterocycles. The number of rotatable bonds is 3. The standard InChI is InChI=1S/C25H24N2O2/c26-25(29)19-10-11-21-22(13-19)27-14-16(15-28)12-18-8-4-5-9-20(18)24(27)23(21)17-6-2-1-3-7-17/h4-5,8-13,15,17H,1-3,6-7,14H2,(H2,26,29). The Morgan fingerprint density at radius 3 is 2.62 bits per heavy atom. The third kappa shape index (κ3) is 2.91. The lowest BCUT2D eigenvalue weighted by Crippen LogP contribution is -2.11. The third-order valence-electron chi connectivity index (χ3n) is 6.45. The second kappa shape index (κ2) is 7.03. The van der Waals surface area contributed by atoms with Crippen LogP contribution < -0.4 is 5.73 Å². The first-order valence-corrected chi connectivity index (χ1v) is 10.4. The summed E-state index contributed by atoms with van der Waals surface area (Å²) >= 11 is 0. The number of nitrogens with two attached hydrogens (primary N) is 1. The number of amides is 1. The Morgan fingerprint density at radius 1 is 1.07 bits per heavy atom. The van der Waals surface area contributed by atoms with Gasteiger partial charge in [-0.25, -0.2) is 0 Å². The number of aldehydes is 1. The number of allylic oxidation sites excluding steroid dienone is 1. The van der Waals surface area contributed by atoms with Crippen molar-refractivity contribution in [2.75, 3.05) is 0 Å². The summed E-state index contributed by atoms with van der Waals surface area (Å²) in [5, 5.41) is 1.18. The van der Waals surface area contributed by atoms with Crippen LogP contribution in [0.15, 0.2) is 48.0 Å². The summed E-state index contributed by atoms with van der Waals surface area (Å²) in [6.07, 6.45) is 9.08. The highest BCUT2D eigenvalue weighted by Crippen LogP contribution is 2.46. The van der Waals surface area contributed by atoms with Crippen molar-refractivity contribution in [3.8, 4) is 11.3 Å². The van der Waals surface area contributed by atoms with Crippen molar-refractivity contribution >= 4 is 29.2 Å². The van der Waals surface area contributed by atoms with Crippen LogP contribution in [0.25, 0.3) is 28.2 Å². The van der Waals surface area contributed by atoms with E-state index in [4.69, 9.17) is 5.73 Å². The quantitative estimate of drug-likeness (QED) is 0.642. The molecule has 2 N–H and O–H groups in total. The van der Waals surface area contributed by atoms with Crippen LogP contribution in [-0.4, -0.2) is 16.8 Å². The Morgan fingerprint density at radius 2 is 1.86 bits per heavy atom. The van der Waals surface area contributed by atoms with E-state index in [1.165, 1.54) is 48.7 Å². The second-order valence-electron chi connectivity index (χ2n) is 8.20. The predicted molar refractivity (Wildman–Crippen MR) is 116 cm³/mol. The van der Waals surface area contributed by atoms with E-state index in [0.717, 1.165) is 28.5 Å². The van der Waals surface area contributed by atoms with Gasteiger partial charge in [-0.05, 0) is 48.1 Å². The minimum absolute atomic E-state index is 0.429. The Kier molecular flexibility index (Phi) is 4.35. The van der Waals surface area contributed by atoms with Gasteiger partial charge < -0.3 is 10.3 Å². The van der Waals surface area contributed by atoms with Gasteiger partial charge in [-0.1, -0.05) is 49.6 Å². The van der Waals surface area contributed by atoms with Gasteiger partial charge in [0, 0.05) is 27.6 Å². The first-order valence-electron chi connectivity index (χ1n) is 10.4. The smallest absolute Gasteiger partial charge is 0.248 e. The topological polar surface area (TPSA) is 65.1 Å². The van der Waals surface area contributed by atoms with Gasteiger partial charge >= 0.3 is 0 Å². The summed E-state index contributed by atoms with van der Waals surface area (Å²) in [4.78, 5) is 23.6. The molecular formula is C25H24N2O2. The summed E-state index contributed by atoms with van der Waals surface area (Å²) in [7, 11) is 0. The van der Waals surface area contributed by atoms with Crippen molar-refractivity contribution in [1.29, 1.82) is 0 Å². The molecule has 1 amide bonds. The van der Waals surface area contributed by atoms with Crippen molar-refractivity contribution < 1.29 is 9.59 Å². The number of nitrogens with zero attached hydrogens (tertiary/aromatic N) is 1. The predicted octanol–water partition coefficient (Wildman–Crippen LogP) is 5.05. The van der Waals surface area contributed by atoms with E-state index in [1.807, 2.05) is 30.3 Å². The molecular weight excluding hydrogens is 360 g/mol. The van der Waals surface area contributed by atoms with Gasteiger partial charge in [0.05, 0.1) is 12.2 Å². The average Bonchev–Trinajstić information content (AvgIpc) is 2.97. The van der Waals surface area contributed by atoms with Crippen LogP contribution >= 0.6 is 0 Å². The maximum atomic E-state index is 11.9. The molecule has 3 aromatic rings. The number of hydrogen-bond donors (Lipinski definition) is 1. The van der Waals surface area contributed by atoms with Crippen LogP contribution in [0.2, 0.25) is 0 Å². The van der Waals surface area contributed by atoms with Crippen LogP contribution in [-0.2, 0) is 11.3 Å². The van der Waals surface area contributed by atoms with E-state index >= 15 is 0 Å². The fourth-order valence-corrected chi connectivity index (χ4v) is 5.13. The first-order chi connectivity index (χ1) is 14.2. The highest BCUT2D eigenvalue weighted by Gasteiger charge is 2.29. The molecule has 29 heavy (non-hydrogen) atoms. The molecule has 1 aliphatic heterocycles. The zero-order chi connectivity index (χ0) is 20.0. The lowest BCUT2D eigenvalue weighted by molar-refractivity contribution is -0.105. The van der Waals surface area contributed by atoms with Crippen molar-refractivity contribution in [1.82, 2.24) is 4.57 Å². The largest absolute Gasteiger partial charge is 0.366 e. The summed E-state index contributed by atoms with van der Waals surface area (Å²) in [5.41, 5.74) is 12.6. The number of hydrogen-bond acceptors (Lipinski definition) is 2. The molecule has 0 unspecified atom stereocenters. The summed E-state index contributed by atoms with van der Waals surface area (Å²) in [5.74, 6) is 0.0645. The van der Waals surface area contributed by atoms with Crippen molar-refractivity contribution in [3.63, 3.8) is 0 Å². The lowest BCUT2D eigenvalue weighted by atomic mass is 9.81. The zero-order valence-electron chi connectivity index (χ0n) is 16.4. The second-order valence-corrected chi connectivity index (χ2v) is 8.20. The molecule has 5 rings (SSSR count). The molecule has 0 atom stereocenters. The minimum Gasteiger partial charge on any atom is -0.366 e. The molecule has 146 valence electrons. The third-order valence-corrected chi connectivity index (χ3v) is 6.45. The number of benzene rings is 2. The van der Waals surface area contributed by atoms with E-state index in [0.29, 0.717) is 18.0 Å². The van der Waals surface area contributed by atoms with E-state index < -0.39 is 5.91 Å². The van der Waals surface area contributed by atoms with E-state index in [9.17, 15) is 9.59 Å². The van der Waals surface area contributed by atoms with Crippen LogP contribution in [0.5, 0.6) is 0 Å². The maximum absolute atomic E-state index is 11.9. The van der Waals surface area contributed by atoms with E-state index in [2.05, 4.69) is 22.8 Å². The van der Waals surface area contributed by atoms with Gasteiger partial charge in [0.1, 0.15) is 6.29 Å². The molecule has 1 aliphatic carbocycles. The maximum Gasteiger partial charge on any atom is 0.248 e. The lowest BCUT2D eigenvalue weighted by Gasteiger charge is -2.24. The highest BCUT2D eigenvalue weighted by molar-refractivity contribution is 6.01. The summed E-state index contributed by atoms with van der Waals surface area (Å²) in [6, 6.07) is 14.1. The van der Waals surface area contributed by atoms with Crippen LogP contribution in [0, 0.1) is 0 Å². The normalized spacial score (nSPS) is 16.6.